The van der Waals surface area contributed by atoms with E-state index in [0.717, 1.165) is 22.2 Å². The first kappa shape index (κ1) is 34.8. The second-order valence-corrected chi connectivity index (χ2v) is 14.5. The summed E-state index contributed by atoms with van der Waals surface area (Å²) in [5.41, 5.74) is 4.93. The number of Topliss-reactive ketones (excluding diaryl/α,β-unsaturated/α-hetero) is 1. The molecule has 1 unspecified atom stereocenters. The number of aromatic hydroxyl groups is 1. The number of halogens is 1. The van der Waals surface area contributed by atoms with Gasteiger partial charge in [-0.2, -0.15) is 0 Å². The normalized spacial score (nSPS) is 16.4. The van der Waals surface area contributed by atoms with Crippen molar-refractivity contribution in [1.29, 1.82) is 0 Å². The predicted molar refractivity (Wildman–Crippen MR) is 204 cm³/mol. The van der Waals surface area contributed by atoms with E-state index in [9.17, 15) is 19.5 Å². The van der Waals surface area contributed by atoms with E-state index in [1.807, 2.05) is 75.4 Å². The second kappa shape index (κ2) is 14.2. The third kappa shape index (κ3) is 7.09. The fraction of sp³-hybridized carbons (Fsp3) is 0.238. The van der Waals surface area contributed by atoms with Gasteiger partial charge in [-0.1, -0.05) is 86.1 Å². The second-order valence-electron chi connectivity index (χ2n) is 14.1. The highest BCUT2D eigenvalue weighted by atomic mass is 35.5. The molecule has 2 heterocycles. The van der Waals surface area contributed by atoms with Gasteiger partial charge in [0.2, 0.25) is 11.8 Å². The third-order valence-electron chi connectivity index (χ3n) is 9.48. The van der Waals surface area contributed by atoms with Gasteiger partial charge in [-0.05, 0) is 66.3 Å². The van der Waals surface area contributed by atoms with E-state index in [0.29, 0.717) is 57.7 Å². The molecular formula is C42H39ClN4O5. The summed E-state index contributed by atoms with van der Waals surface area (Å²) in [7, 11) is 0. The van der Waals surface area contributed by atoms with Gasteiger partial charge in [0.05, 0.1) is 22.9 Å². The number of rotatable bonds is 8. The Bertz CT molecular complexity index is 2250. The number of phenols is 1. The molecule has 52 heavy (non-hydrogen) atoms. The molecule has 7 rings (SSSR count). The lowest BCUT2D eigenvalue weighted by Gasteiger charge is -2.37. The number of carbonyl (C=O) groups is 3. The molecule has 1 aromatic heterocycles. The minimum atomic E-state index is -0.952. The molecular weight excluding hydrogens is 676 g/mol. The zero-order valence-corrected chi connectivity index (χ0v) is 30.0. The predicted octanol–water partition coefficient (Wildman–Crippen LogP) is 9.04. The third-order valence-corrected chi connectivity index (χ3v) is 9.80. The molecule has 5 aromatic rings. The fourth-order valence-corrected chi connectivity index (χ4v) is 7.41. The van der Waals surface area contributed by atoms with Crippen LogP contribution in [0.2, 0.25) is 5.02 Å². The van der Waals surface area contributed by atoms with Crippen LogP contribution in [0.4, 0.5) is 17.1 Å². The highest BCUT2D eigenvalue weighted by molar-refractivity contribution is 6.31. The molecule has 1 atom stereocenters. The number of amides is 2. The van der Waals surface area contributed by atoms with Gasteiger partial charge in [-0.15, -0.1) is 0 Å². The van der Waals surface area contributed by atoms with Crippen molar-refractivity contribution in [3.8, 4) is 11.5 Å². The molecule has 4 aromatic carbocycles. The quantitative estimate of drug-likeness (QED) is 0.137. The Hall–Kier alpha value is -5.67. The molecule has 0 radical (unpaired) electrons. The Labute approximate surface area is 307 Å². The van der Waals surface area contributed by atoms with Crippen molar-refractivity contribution >= 4 is 57.2 Å². The van der Waals surface area contributed by atoms with Gasteiger partial charge in [0, 0.05) is 46.6 Å². The van der Waals surface area contributed by atoms with Crippen molar-refractivity contribution in [1.82, 2.24) is 4.98 Å². The number of para-hydroxylation sites is 2. The number of benzene rings is 4. The first-order valence-electron chi connectivity index (χ1n) is 17.3. The number of aryl methyl sites for hydroxylation is 1. The summed E-state index contributed by atoms with van der Waals surface area (Å²) in [5, 5.41) is 18.6. The van der Waals surface area contributed by atoms with E-state index in [1.54, 1.807) is 36.4 Å². The molecule has 0 spiro atoms. The Morgan fingerprint density at radius 2 is 1.75 bits per heavy atom. The average molecular weight is 715 g/mol. The topological polar surface area (TPSA) is 121 Å². The molecule has 9 nitrogen and oxygen atoms in total. The van der Waals surface area contributed by atoms with Gasteiger partial charge in [0.25, 0.3) is 0 Å². The molecule has 0 bridgehead atoms. The van der Waals surface area contributed by atoms with Crippen LogP contribution in [0.3, 0.4) is 0 Å². The zero-order chi connectivity index (χ0) is 36.6. The summed E-state index contributed by atoms with van der Waals surface area (Å²) in [6.45, 7) is 6.22. The van der Waals surface area contributed by atoms with E-state index in [4.69, 9.17) is 16.3 Å². The lowest BCUT2D eigenvalue weighted by molar-refractivity contribution is -0.123. The molecule has 3 N–H and O–H groups in total. The molecule has 0 saturated heterocycles. The van der Waals surface area contributed by atoms with Crippen LogP contribution in [0, 0.1) is 12.3 Å². The van der Waals surface area contributed by atoms with Crippen molar-refractivity contribution in [3.05, 3.63) is 130 Å². The number of ether oxygens (including phenoxy) is 1. The number of fused-ring (bicyclic) bond motifs is 2. The summed E-state index contributed by atoms with van der Waals surface area (Å²) in [4.78, 5) is 48.3. The minimum Gasteiger partial charge on any atom is -0.506 e. The Balaban J connectivity index is 1.25. The van der Waals surface area contributed by atoms with Gasteiger partial charge in [0.1, 0.15) is 23.8 Å². The van der Waals surface area contributed by atoms with Crippen molar-refractivity contribution < 1.29 is 24.2 Å². The van der Waals surface area contributed by atoms with Crippen molar-refractivity contribution in [2.24, 2.45) is 5.41 Å². The first-order chi connectivity index (χ1) is 25.0. The van der Waals surface area contributed by atoms with Gasteiger partial charge >= 0.3 is 0 Å². The van der Waals surface area contributed by atoms with E-state index in [2.05, 4.69) is 15.6 Å². The number of phenolic OH excluding ortho intramolecular Hbond substituents is 1. The summed E-state index contributed by atoms with van der Waals surface area (Å²) in [6.07, 6.45) is 0.438. The van der Waals surface area contributed by atoms with Gasteiger partial charge in [-0.25, -0.2) is 0 Å². The van der Waals surface area contributed by atoms with E-state index < -0.39 is 11.9 Å². The fourth-order valence-electron chi connectivity index (χ4n) is 7.14. The smallest absolute Gasteiger partial charge is 0.228 e. The summed E-state index contributed by atoms with van der Waals surface area (Å²) in [6, 6.07) is 28.3. The molecule has 2 amide bonds. The SMILES string of the molecule is Cc1cc(NC(=O)CCC(=O)N2c3cccc(O)c3NC3=C(C(=O)CC(C)(C)C3)C2c2ccc(OCc3ccccc3)cc2Cl)c2ccccc2n1. The van der Waals surface area contributed by atoms with Crippen molar-refractivity contribution in [2.45, 2.75) is 59.1 Å². The number of hydrogen-bond donors (Lipinski definition) is 3. The Morgan fingerprint density at radius 1 is 0.981 bits per heavy atom. The maximum atomic E-state index is 14.6. The van der Waals surface area contributed by atoms with Crippen LogP contribution in [0.15, 0.2) is 108 Å². The molecule has 2 aliphatic rings. The Kier molecular flexibility index (Phi) is 9.46. The number of nitrogens with one attached hydrogen (secondary N) is 2. The summed E-state index contributed by atoms with van der Waals surface area (Å²) in [5.74, 6) is -0.449. The maximum absolute atomic E-state index is 14.6. The van der Waals surface area contributed by atoms with E-state index >= 15 is 0 Å². The number of hydrogen-bond acceptors (Lipinski definition) is 7. The van der Waals surface area contributed by atoms with E-state index in [1.165, 1.54) is 11.0 Å². The van der Waals surface area contributed by atoms with Crippen molar-refractivity contribution in [2.75, 3.05) is 15.5 Å². The Morgan fingerprint density at radius 3 is 2.54 bits per heavy atom. The maximum Gasteiger partial charge on any atom is 0.228 e. The first-order valence-corrected chi connectivity index (χ1v) is 17.6. The summed E-state index contributed by atoms with van der Waals surface area (Å²) >= 11 is 7.05. The minimum absolute atomic E-state index is 0.0768. The molecule has 264 valence electrons. The number of nitrogens with zero attached hydrogens (tertiary/aromatic N) is 2. The highest BCUT2D eigenvalue weighted by Crippen LogP contribution is 2.51. The largest absolute Gasteiger partial charge is 0.506 e. The van der Waals surface area contributed by atoms with Crippen LogP contribution in [0.1, 0.15) is 62.4 Å². The molecule has 1 aliphatic carbocycles. The van der Waals surface area contributed by atoms with E-state index in [-0.39, 0.29) is 42.1 Å². The van der Waals surface area contributed by atoms with Gasteiger partial charge < -0.3 is 20.5 Å². The lowest BCUT2D eigenvalue weighted by atomic mass is 9.73. The summed E-state index contributed by atoms with van der Waals surface area (Å²) < 4.78 is 6.05. The molecule has 0 saturated carbocycles. The monoisotopic (exact) mass is 714 g/mol. The molecule has 1 aliphatic heterocycles. The number of aromatic nitrogens is 1. The van der Waals surface area contributed by atoms with Crippen LogP contribution in [0.5, 0.6) is 11.5 Å². The molecule has 0 fully saturated rings. The number of carbonyl (C=O) groups excluding carboxylic acids is 3. The van der Waals surface area contributed by atoms with Crippen LogP contribution in [-0.4, -0.2) is 27.7 Å². The lowest BCUT2D eigenvalue weighted by Crippen LogP contribution is -2.40. The van der Waals surface area contributed by atoms with Crippen LogP contribution >= 0.6 is 11.6 Å². The van der Waals surface area contributed by atoms with Crippen LogP contribution < -0.4 is 20.3 Å². The van der Waals surface area contributed by atoms with Crippen molar-refractivity contribution in [3.63, 3.8) is 0 Å². The zero-order valence-electron chi connectivity index (χ0n) is 29.2. The van der Waals surface area contributed by atoms with Crippen LogP contribution in [0.25, 0.3) is 10.9 Å². The molecule has 10 heteroatoms. The average Bonchev–Trinajstić information content (AvgIpc) is 3.25. The number of anilines is 3. The standard InChI is InChI=1S/C42H39ClN4O5/c1-25-20-32(29-12-7-8-13-31(29)44-25)45-37(50)18-19-38(51)47-34-14-9-15-35(48)40(34)46-33-22-42(2,3)23-36(49)39(33)41(47)28-17-16-27(21-30(28)43)52-24-26-10-5-4-6-11-26/h4-17,20-21,41,46,48H,18-19,22-24H2,1-3H3,(H,44,45,50). The van der Waals surface area contributed by atoms with Gasteiger partial charge in [-0.3, -0.25) is 24.3 Å². The van der Waals surface area contributed by atoms with Gasteiger partial charge in [0.15, 0.2) is 5.78 Å². The number of pyridine rings is 1. The highest BCUT2D eigenvalue weighted by Gasteiger charge is 2.44. The number of ketones is 1. The van der Waals surface area contributed by atoms with Crippen LogP contribution in [-0.2, 0) is 21.0 Å². The number of allylic oxidation sites excluding steroid dienone is 1.